The predicted molar refractivity (Wildman–Crippen MR) is 73.5 cm³/mol. The van der Waals surface area contributed by atoms with Crippen molar-refractivity contribution in [2.75, 3.05) is 13.2 Å². The van der Waals surface area contributed by atoms with Gasteiger partial charge in [-0.15, -0.1) is 0 Å². The van der Waals surface area contributed by atoms with E-state index in [9.17, 15) is 4.39 Å². The third-order valence-electron chi connectivity index (χ3n) is 3.34. The Balaban J connectivity index is 1.91. The van der Waals surface area contributed by atoms with E-state index in [1.165, 1.54) is 12.1 Å². The molecule has 0 saturated carbocycles. The van der Waals surface area contributed by atoms with Crippen molar-refractivity contribution in [3.05, 3.63) is 34.4 Å². The Morgan fingerprint density at radius 1 is 1.40 bits per heavy atom. The van der Waals surface area contributed by atoms with E-state index in [1.54, 1.807) is 6.07 Å². The highest BCUT2D eigenvalue weighted by molar-refractivity contribution is 9.10. The first-order chi connectivity index (χ1) is 9.65. The number of aromatic nitrogens is 2. The Kier molecular flexibility index (Phi) is 3.82. The highest BCUT2D eigenvalue weighted by Crippen LogP contribution is 2.29. The van der Waals surface area contributed by atoms with Gasteiger partial charge in [-0.05, 0) is 24.6 Å². The van der Waals surface area contributed by atoms with Crippen molar-refractivity contribution < 1.29 is 13.7 Å². The number of benzene rings is 1. The molecule has 2 N–H and O–H groups in total. The molecular formula is C13H13BrFN3O2. The van der Waals surface area contributed by atoms with Crippen molar-refractivity contribution in [1.82, 2.24) is 10.1 Å². The normalized spacial score (nSPS) is 22.9. The summed E-state index contributed by atoms with van der Waals surface area (Å²) in [5.74, 6) is 0.303. The van der Waals surface area contributed by atoms with Crippen LogP contribution in [0.1, 0.15) is 18.2 Å². The molecule has 0 spiro atoms. The molecule has 0 radical (unpaired) electrons. The molecule has 0 aliphatic carbocycles. The minimum absolute atomic E-state index is 0.0620. The van der Waals surface area contributed by atoms with Gasteiger partial charge in [0, 0.05) is 22.7 Å². The molecule has 7 heteroatoms. The van der Waals surface area contributed by atoms with Gasteiger partial charge in [0.15, 0.2) is 0 Å². The van der Waals surface area contributed by atoms with Crippen LogP contribution in [0.15, 0.2) is 27.2 Å². The fraction of sp³-hybridized carbons (Fsp3) is 0.385. The molecule has 5 nitrogen and oxygen atoms in total. The lowest BCUT2D eigenvalue weighted by molar-refractivity contribution is 0.0590. The summed E-state index contributed by atoms with van der Waals surface area (Å²) in [4.78, 5) is 4.32. The Labute approximate surface area is 123 Å². The van der Waals surface area contributed by atoms with Crippen LogP contribution in [0, 0.1) is 5.82 Å². The molecule has 2 unspecified atom stereocenters. The molecule has 0 amide bonds. The number of nitrogens with zero attached hydrogens (tertiary/aromatic N) is 2. The molecule has 20 heavy (non-hydrogen) atoms. The van der Waals surface area contributed by atoms with E-state index >= 15 is 0 Å². The third kappa shape index (κ3) is 2.61. The minimum atomic E-state index is -0.354. The van der Waals surface area contributed by atoms with Crippen molar-refractivity contribution in [2.45, 2.75) is 18.4 Å². The average Bonchev–Trinajstić information content (AvgIpc) is 2.91. The van der Waals surface area contributed by atoms with Crippen molar-refractivity contribution in [3.63, 3.8) is 0 Å². The molecule has 1 fully saturated rings. The Morgan fingerprint density at radius 2 is 2.25 bits per heavy atom. The molecule has 1 aliphatic heterocycles. The number of hydrogen-bond acceptors (Lipinski definition) is 5. The minimum Gasteiger partial charge on any atom is -0.381 e. The van der Waals surface area contributed by atoms with Crippen LogP contribution >= 0.6 is 15.9 Å². The zero-order valence-electron chi connectivity index (χ0n) is 10.6. The van der Waals surface area contributed by atoms with E-state index < -0.39 is 0 Å². The van der Waals surface area contributed by atoms with Crippen LogP contribution in [-0.2, 0) is 4.74 Å². The molecule has 2 atom stereocenters. The Bertz CT molecular complexity index is 619. The quantitative estimate of drug-likeness (QED) is 0.908. The third-order valence-corrected chi connectivity index (χ3v) is 4.03. The second kappa shape index (κ2) is 5.59. The van der Waals surface area contributed by atoms with E-state index in [1.807, 2.05) is 0 Å². The lowest BCUT2D eigenvalue weighted by atomic mass is 9.97. The summed E-state index contributed by atoms with van der Waals surface area (Å²) in [6.07, 6.45) is 0.756. The molecule has 3 rings (SSSR count). The number of ether oxygens (including phenoxy) is 1. The molecular weight excluding hydrogens is 329 g/mol. The van der Waals surface area contributed by atoms with Gasteiger partial charge in [0.05, 0.1) is 12.5 Å². The topological polar surface area (TPSA) is 74.2 Å². The van der Waals surface area contributed by atoms with Crippen LogP contribution in [0.2, 0.25) is 0 Å². The molecule has 1 aliphatic rings. The highest BCUT2D eigenvalue weighted by Gasteiger charge is 2.29. The second-order valence-electron chi connectivity index (χ2n) is 4.71. The van der Waals surface area contributed by atoms with Crippen molar-refractivity contribution >= 4 is 15.9 Å². The smallest absolute Gasteiger partial charge is 0.233 e. The van der Waals surface area contributed by atoms with Gasteiger partial charge in [0.2, 0.25) is 11.7 Å². The monoisotopic (exact) mass is 341 g/mol. The summed E-state index contributed by atoms with van der Waals surface area (Å²) in [6.45, 7) is 1.11. The van der Waals surface area contributed by atoms with Gasteiger partial charge in [0.1, 0.15) is 5.82 Å². The first-order valence-electron chi connectivity index (χ1n) is 6.27. The van der Waals surface area contributed by atoms with Gasteiger partial charge >= 0.3 is 0 Å². The number of nitrogens with two attached hydrogens (primary N) is 1. The zero-order valence-corrected chi connectivity index (χ0v) is 12.1. The molecule has 2 aromatic rings. The predicted octanol–water partition coefficient (Wildman–Crippen LogP) is 2.47. The molecule has 1 aromatic carbocycles. The lowest BCUT2D eigenvalue weighted by Crippen LogP contribution is -2.37. The van der Waals surface area contributed by atoms with Crippen molar-refractivity contribution in [3.8, 4) is 11.4 Å². The number of halogens is 2. The van der Waals surface area contributed by atoms with Gasteiger partial charge in [0.25, 0.3) is 0 Å². The molecule has 1 saturated heterocycles. The molecule has 0 bridgehead atoms. The van der Waals surface area contributed by atoms with Crippen LogP contribution < -0.4 is 5.73 Å². The summed E-state index contributed by atoms with van der Waals surface area (Å²) >= 11 is 3.35. The summed E-state index contributed by atoms with van der Waals surface area (Å²) < 4.78 is 24.7. The molecule has 1 aromatic heterocycles. The standard InChI is InChI=1S/C13H13BrFN3O2/c14-10-2-1-7(15)5-8(10)12-17-13(20-18-12)9-6-19-4-3-11(9)16/h1-2,5,9,11H,3-4,6,16H2. The van der Waals surface area contributed by atoms with E-state index in [0.29, 0.717) is 35.0 Å². The lowest BCUT2D eigenvalue weighted by Gasteiger charge is -2.25. The largest absolute Gasteiger partial charge is 0.381 e. The highest BCUT2D eigenvalue weighted by atomic mass is 79.9. The SMILES string of the molecule is NC1CCOCC1c1nc(-c2cc(F)ccc2Br)no1. The van der Waals surface area contributed by atoms with Crippen LogP contribution in [0.25, 0.3) is 11.4 Å². The van der Waals surface area contributed by atoms with Crippen LogP contribution in [0.3, 0.4) is 0 Å². The van der Waals surface area contributed by atoms with Gasteiger partial charge in [-0.2, -0.15) is 4.98 Å². The van der Waals surface area contributed by atoms with Crippen molar-refractivity contribution in [1.29, 1.82) is 0 Å². The Hall–Kier alpha value is -1.31. The van der Waals surface area contributed by atoms with Crippen molar-refractivity contribution in [2.24, 2.45) is 5.73 Å². The van der Waals surface area contributed by atoms with E-state index in [-0.39, 0.29) is 17.8 Å². The van der Waals surface area contributed by atoms with E-state index in [4.69, 9.17) is 15.0 Å². The number of hydrogen-bond donors (Lipinski definition) is 1. The summed E-state index contributed by atoms with van der Waals surface area (Å²) in [6, 6.07) is 4.26. The first kappa shape index (κ1) is 13.7. The van der Waals surface area contributed by atoms with E-state index in [2.05, 4.69) is 26.1 Å². The number of rotatable bonds is 2. The van der Waals surface area contributed by atoms with Crippen LogP contribution in [0.5, 0.6) is 0 Å². The van der Waals surface area contributed by atoms with Gasteiger partial charge < -0.3 is 15.0 Å². The fourth-order valence-corrected chi connectivity index (χ4v) is 2.60. The maximum absolute atomic E-state index is 13.3. The van der Waals surface area contributed by atoms with E-state index in [0.717, 1.165) is 6.42 Å². The second-order valence-corrected chi connectivity index (χ2v) is 5.57. The Morgan fingerprint density at radius 3 is 3.05 bits per heavy atom. The molecule has 106 valence electrons. The van der Waals surface area contributed by atoms with Gasteiger partial charge in [-0.1, -0.05) is 21.1 Å². The summed E-state index contributed by atoms with van der Waals surface area (Å²) in [7, 11) is 0. The summed E-state index contributed by atoms with van der Waals surface area (Å²) in [5.41, 5.74) is 6.58. The van der Waals surface area contributed by atoms with Gasteiger partial charge in [-0.25, -0.2) is 4.39 Å². The maximum Gasteiger partial charge on any atom is 0.233 e. The zero-order chi connectivity index (χ0) is 14.1. The van der Waals surface area contributed by atoms with Crippen LogP contribution in [0.4, 0.5) is 4.39 Å². The maximum atomic E-state index is 13.3. The average molecular weight is 342 g/mol. The summed E-state index contributed by atoms with van der Waals surface area (Å²) in [5, 5.41) is 3.90. The first-order valence-corrected chi connectivity index (χ1v) is 7.07. The molecule has 2 heterocycles. The fourth-order valence-electron chi connectivity index (χ4n) is 2.17. The van der Waals surface area contributed by atoms with Gasteiger partial charge in [-0.3, -0.25) is 0 Å². The van der Waals surface area contributed by atoms with Crippen LogP contribution in [-0.4, -0.2) is 29.4 Å².